The van der Waals surface area contributed by atoms with Crippen molar-refractivity contribution in [2.24, 2.45) is 13.0 Å². The molecule has 2 atom stereocenters. The first-order valence-electron chi connectivity index (χ1n) is 8.12. The van der Waals surface area contributed by atoms with E-state index in [1.54, 1.807) is 4.68 Å². The summed E-state index contributed by atoms with van der Waals surface area (Å²) in [6, 6.07) is 0. The molecule has 0 bridgehead atoms. The van der Waals surface area contributed by atoms with Crippen LogP contribution in [0.5, 0.6) is 0 Å². The van der Waals surface area contributed by atoms with Crippen LogP contribution in [-0.4, -0.2) is 51.5 Å². The van der Waals surface area contributed by atoms with E-state index in [-0.39, 0.29) is 24.7 Å². The van der Waals surface area contributed by atoms with Crippen molar-refractivity contribution < 1.29 is 14.6 Å². The van der Waals surface area contributed by atoms with E-state index in [4.69, 9.17) is 4.74 Å². The largest absolute Gasteiger partial charge is 0.396 e. The Bertz CT molecular complexity index is 561. The summed E-state index contributed by atoms with van der Waals surface area (Å²) in [7, 11) is 1.88. The van der Waals surface area contributed by atoms with Gasteiger partial charge in [-0.3, -0.25) is 9.48 Å². The lowest BCUT2D eigenvalue weighted by atomic mass is 9.96. The molecule has 0 radical (unpaired) electrons. The number of hydrogen-bond donors (Lipinski definition) is 1. The minimum absolute atomic E-state index is 0.0227. The predicted octanol–water partition coefficient (Wildman–Crippen LogP) is 1.29. The molecule has 22 heavy (non-hydrogen) atoms. The Labute approximate surface area is 131 Å². The molecule has 6 nitrogen and oxygen atoms in total. The van der Waals surface area contributed by atoms with Crippen molar-refractivity contribution in [1.29, 1.82) is 0 Å². The molecule has 1 saturated heterocycles. The molecule has 3 heterocycles. The number of rotatable bonds is 2. The quantitative estimate of drug-likeness (QED) is 0.894. The molecule has 1 N–H and O–H groups in total. The molecule has 0 spiro atoms. The van der Waals surface area contributed by atoms with Gasteiger partial charge in [-0.15, -0.1) is 0 Å². The van der Waals surface area contributed by atoms with Crippen LogP contribution < -0.4 is 0 Å². The topological polar surface area (TPSA) is 67.6 Å². The summed E-state index contributed by atoms with van der Waals surface area (Å²) >= 11 is 0. The summed E-state index contributed by atoms with van der Waals surface area (Å²) in [5.74, 6) is 0.352. The molecule has 1 aromatic rings. The Morgan fingerprint density at radius 3 is 2.68 bits per heavy atom. The number of nitrogens with zero attached hydrogens (tertiary/aromatic N) is 3. The lowest BCUT2D eigenvalue weighted by Gasteiger charge is -2.31. The van der Waals surface area contributed by atoms with Crippen LogP contribution in [0.15, 0.2) is 0 Å². The first-order valence-corrected chi connectivity index (χ1v) is 8.12. The molecule has 1 fully saturated rings. The van der Waals surface area contributed by atoms with E-state index in [0.717, 1.165) is 30.5 Å². The summed E-state index contributed by atoms with van der Waals surface area (Å²) in [4.78, 5) is 14.7. The molecule has 0 unspecified atom stereocenters. The molecular weight excluding hydrogens is 282 g/mol. The maximum absolute atomic E-state index is 12.8. The minimum Gasteiger partial charge on any atom is -0.396 e. The first kappa shape index (κ1) is 15.5. The summed E-state index contributed by atoms with van der Waals surface area (Å²) in [6.07, 6.45) is 2.55. The number of carbonyl (C=O) groups is 1. The van der Waals surface area contributed by atoms with Gasteiger partial charge in [-0.2, -0.15) is 5.10 Å². The van der Waals surface area contributed by atoms with Crippen LogP contribution in [0.3, 0.4) is 0 Å². The maximum Gasteiger partial charge on any atom is 0.274 e. The van der Waals surface area contributed by atoms with E-state index in [1.807, 2.05) is 25.8 Å². The number of ether oxygens (including phenoxy) is 1. The molecule has 122 valence electrons. The summed E-state index contributed by atoms with van der Waals surface area (Å²) in [6.45, 7) is 5.67. The zero-order valence-corrected chi connectivity index (χ0v) is 13.6. The highest BCUT2D eigenvalue weighted by Gasteiger charge is 2.33. The van der Waals surface area contributed by atoms with Gasteiger partial charge in [-0.05, 0) is 32.6 Å². The fourth-order valence-corrected chi connectivity index (χ4v) is 3.68. The van der Waals surface area contributed by atoms with Crippen LogP contribution in [0, 0.1) is 5.92 Å². The zero-order valence-electron chi connectivity index (χ0n) is 13.6. The third-order valence-corrected chi connectivity index (χ3v) is 4.87. The minimum atomic E-state index is -0.0297. The van der Waals surface area contributed by atoms with Crippen molar-refractivity contribution in [2.75, 3.05) is 19.7 Å². The van der Waals surface area contributed by atoms with E-state index >= 15 is 0 Å². The Hall–Kier alpha value is -1.40. The third-order valence-electron chi connectivity index (χ3n) is 4.87. The molecule has 3 rings (SSSR count). The number of hydrogen-bond acceptors (Lipinski definition) is 4. The first-order chi connectivity index (χ1) is 10.5. The Balaban J connectivity index is 1.84. The van der Waals surface area contributed by atoms with E-state index < -0.39 is 0 Å². The van der Waals surface area contributed by atoms with Gasteiger partial charge in [0.2, 0.25) is 0 Å². The number of aromatic nitrogens is 2. The van der Waals surface area contributed by atoms with Gasteiger partial charge in [0, 0.05) is 38.7 Å². The molecule has 0 saturated carbocycles. The van der Waals surface area contributed by atoms with Gasteiger partial charge in [-0.1, -0.05) is 0 Å². The van der Waals surface area contributed by atoms with Crippen LogP contribution in [0.25, 0.3) is 0 Å². The number of amides is 1. The van der Waals surface area contributed by atoms with E-state index in [9.17, 15) is 9.90 Å². The number of aliphatic hydroxyl groups excluding tert-OH is 1. The Morgan fingerprint density at radius 1 is 1.36 bits per heavy atom. The number of aryl methyl sites for hydroxylation is 1. The second-order valence-electron chi connectivity index (χ2n) is 6.55. The summed E-state index contributed by atoms with van der Waals surface area (Å²) in [5, 5.41) is 13.7. The fourth-order valence-electron chi connectivity index (χ4n) is 3.68. The van der Waals surface area contributed by atoms with Crippen molar-refractivity contribution in [1.82, 2.24) is 14.7 Å². The van der Waals surface area contributed by atoms with Gasteiger partial charge >= 0.3 is 0 Å². The van der Waals surface area contributed by atoms with E-state index in [1.165, 1.54) is 0 Å². The molecule has 0 aliphatic carbocycles. The van der Waals surface area contributed by atoms with Crippen LogP contribution in [-0.2, 0) is 18.2 Å². The van der Waals surface area contributed by atoms with Gasteiger partial charge in [0.1, 0.15) is 0 Å². The average molecular weight is 307 g/mol. The van der Waals surface area contributed by atoms with Gasteiger partial charge < -0.3 is 14.7 Å². The summed E-state index contributed by atoms with van der Waals surface area (Å²) < 4.78 is 7.64. The highest BCUT2D eigenvalue weighted by Crippen LogP contribution is 2.32. The average Bonchev–Trinajstić information content (AvgIpc) is 2.83. The van der Waals surface area contributed by atoms with Crippen molar-refractivity contribution in [2.45, 2.75) is 45.3 Å². The van der Waals surface area contributed by atoms with Crippen molar-refractivity contribution in [3.63, 3.8) is 0 Å². The molecular formula is C16H25N3O3. The molecule has 1 amide bonds. The number of aliphatic hydroxyl groups is 1. The number of piperidine rings is 1. The fraction of sp³-hybridized carbons (Fsp3) is 0.750. The normalized spacial score (nSPS) is 26.1. The zero-order chi connectivity index (χ0) is 15.9. The Morgan fingerprint density at radius 2 is 2.05 bits per heavy atom. The maximum atomic E-state index is 12.8. The SMILES string of the molecule is C[C@@H]1Cc2c(C(=O)N3CCC(CO)CC3)nn(C)c2[C@H](C)O1. The highest BCUT2D eigenvalue weighted by atomic mass is 16.5. The van der Waals surface area contributed by atoms with Gasteiger partial charge in [0.15, 0.2) is 5.69 Å². The predicted molar refractivity (Wildman–Crippen MR) is 81.6 cm³/mol. The van der Waals surface area contributed by atoms with Crippen molar-refractivity contribution in [3.8, 4) is 0 Å². The van der Waals surface area contributed by atoms with Crippen LogP contribution in [0.2, 0.25) is 0 Å². The Kier molecular flexibility index (Phi) is 4.23. The van der Waals surface area contributed by atoms with Gasteiger partial charge in [0.25, 0.3) is 5.91 Å². The van der Waals surface area contributed by atoms with Crippen LogP contribution in [0.4, 0.5) is 0 Å². The molecule has 2 aliphatic rings. The molecule has 1 aromatic heterocycles. The monoisotopic (exact) mass is 307 g/mol. The molecule has 6 heteroatoms. The van der Waals surface area contributed by atoms with Crippen molar-refractivity contribution >= 4 is 5.91 Å². The standard InChI is InChI=1S/C16H25N3O3/c1-10-8-13-14(17-18(3)15(13)11(2)22-10)16(21)19-6-4-12(9-20)5-7-19/h10-12,20H,4-9H2,1-3H3/t10-,11+/m1/s1. The number of likely N-dealkylation sites (tertiary alicyclic amines) is 1. The second kappa shape index (κ2) is 6.01. The number of carbonyl (C=O) groups excluding carboxylic acids is 1. The molecule has 2 aliphatic heterocycles. The molecule has 0 aromatic carbocycles. The number of fused-ring (bicyclic) bond motifs is 1. The highest BCUT2D eigenvalue weighted by molar-refractivity contribution is 5.94. The van der Waals surface area contributed by atoms with E-state index in [0.29, 0.717) is 24.7 Å². The summed E-state index contributed by atoms with van der Waals surface area (Å²) in [5.41, 5.74) is 2.65. The van der Waals surface area contributed by atoms with Gasteiger partial charge in [-0.25, -0.2) is 0 Å². The van der Waals surface area contributed by atoms with E-state index in [2.05, 4.69) is 5.10 Å². The second-order valence-corrected chi connectivity index (χ2v) is 6.55. The lowest BCUT2D eigenvalue weighted by Crippen LogP contribution is -2.40. The third kappa shape index (κ3) is 2.65. The lowest BCUT2D eigenvalue weighted by molar-refractivity contribution is -0.00908. The van der Waals surface area contributed by atoms with Crippen LogP contribution >= 0.6 is 0 Å². The smallest absolute Gasteiger partial charge is 0.274 e. The van der Waals surface area contributed by atoms with Gasteiger partial charge in [0.05, 0.1) is 17.9 Å². The van der Waals surface area contributed by atoms with Crippen molar-refractivity contribution in [3.05, 3.63) is 17.0 Å². The van der Waals surface area contributed by atoms with Crippen LogP contribution in [0.1, 0.15) is 54.5 Å².